The van der Waals surface area contributed by atoms with Gasteiger partial charge >= 0.3 is 0 Å². The van der Waals surface area contributed by atoms with E-state index in [1.807, 2.05) is 0 Å². The molecule has 21 heavy (non-hydrogen) atoms. The SMILES string of the molecule is c1cc2c(cc1C1CCCCN1)CCN(C1CCCC1)C2. The summed E-state index contributed by atoms with van der Waals surface area (Å²) in [6.07, 6.45) is 11.0. The van der Waals surface area contributed by atoms with Gasteiger partial charge in [-0.05, 0) is 55.3 Å². The molecule has 2 fully saturated rings. The van der Waals surface area contributed by atoms with Crippen LogP contribution in [0.5, 0.6) is 0 Å². The van der Waals surface area contributed by atoms with Crippen molar-refractivity contribution in [3.05, 3.63) is 34.9 Å². The summed E-state index contributed by atoms with van der Waals surface area (Å²) in [6, 6.07) is 8.79. The van der Waals surface area contributed by atoms with Gasteiger partial charge in [0.05, 0.1) is 0 Å². The van der Waals surface area contributed by atoms with Crippen LogP contribution in [0.4, 0.5) is 0 Å². The first-order chi connectivity index (χ1) is 10.4. The Labute approximate surface area is 128 Å². The predicted molar refractivity (Wildman–Crippen MR) is 87.4 cm³/mol. The van der Waals surface area contributed by atoms with Crippen molar-refractivity contribution in [1.82, 2.24) is 10.2 Å². The molecule has 1 saturated carbocycles. The van der Waals surface area contributed by atoms with Gasteiger partial charge in [-0.1, -0.05) is 37.5 Å². The standard InChI is InChI=1S/C19H28N2/c1-2-6-18(5-1)21-12-10-15-13-16(8-9-17(15)14-21)19-7-3-4-11-20-19/h8-9,13,18-20H,1-7,10-12,14H2. The molecular weight excluding hydrogens is 256 g/mol. The van der Waals surface area contributed by atoms with Gasteiger partial charge in [0.1, 0.15) is 0 Å². The summed E-state index contributed by atoms with van der Waals surface area (Å²) in [5, 5.41) is 3.69. The molecule has 0 amide bonds. The third-order valence-corrected chi connectivity index (χ3v) is 5.83. The predicted octanol–water partition coefficient (Wildman–Crippen LogP) is 3.80. The van der Waals surface area contributed by atoms with E-state index < -0.39 is 0 Å². The first kappa shape index (κ1) is 13.8. The van der Waals surface area contributed by atoms with E-state index in [0.29, 0.717) is 6.04 Å². The molecule has 1 aromatic carbocycles. The molecule has 4 rings (SSSR count). The Bertz CT molecular complexity index is 484. The van der Waals surface area contributed by atoms with Gasteiger partial charge in [0, 0.05) is 25.2 Å². The van der Waals surface area contributed by atoms with E-state index in [-0.39, 0.29) is 0 Å². The Hall–Kier alpha value is -0.860. The molecule has 3 aliphatic rings. The largest absolute Gasteiger partial charge is 0.310 e. The van der Waals surface area contributed by atoms with Crippen LogP contribution in [0.3, 0.4) is 0 Å². The third kappa shape index (κ3) is 2.89. The smallest absolute Gasteiger partial charge is 0.0320 e. The van der Waals surface area contributed by atoms with E-state index >= 15 is 0 Å². The van der Waals surface area contributed by atoms with Gasteiger partial charge in [0.25, 0.3) is 0 Å². The number of piperidine rings is 1. The minimum absolute atomic E-state index is 0.608. The summed E-state index contributed by atoms with van der Waals surface area (Å²) in [5.41, 5.74) is 4.74. The number of hydrogen-bond donors (Lipinski definition) is 1. The van der Waals surface area contributed by atoms with Gasteiger partial charge in [0.15, 0.2) is 0 Å². The maximum absolute atomic E-state index is 3.69. The van der Waals surface area contributed by atoms with Crippen LogP contribution in [0.2, 0.25) is 0 Å². The van der Waals surface area contributed by atoms with Crippen LogP contribution < -0.4 is 5.32 Å². The van der Waals surface area contributed by atoms with Crippen LogP contribution in [-0.4, -0.2) is 24.0 Å². The Morgan fingerprint density at radius 1 is 0.952 bits per heavy atom. The fourth-order valence-electron chi connectivity index (χ4n) is 4.53. The summed E-state index contributed by atoms with van der Waals surface area (Å²) < 4.78 is 0. The summed E-state index contributed by atoms with van der Waals surface area (Å²) in [6.45, 7) is 3.66. The third-order valence-electron chi connectivity index (χ3n) is 5.83. The second-order valence-electron chi connectivity index (χ2n) is 7.19. The van der Waals surface area contributed by atoms with Gasteiger partial charge in [-0.3, -0.25) is 4.90 Å². The highest BCUT2D eigenvalue weighted by Gasteiger charge is 2.26. The van der Waals surface area contributed by atoms with E-state index in [1.165, 1.54) is 76.6 Å². The van der Waals surface area contributed by atoms with E-state index in [2.05, 4.69) is 28.4 Å². The number of nitrogens with zero attached hydrogens (tertiary/aromatic N) is 1. The fourth-order valence-corrected chi connectivity index (χ4v) is 4.53. The van der Waals surface area contributed by atoms with E-state index in [9.17, 15) is 0 Å². The number of hydrogen-bond acceptors (Lipinski definition) is 2. The minimum Gasteiger partial charge on any atom is -0.310 e. The monoisotopic (exact) mass is 284 g/mol. The normalized spacial score (nSPS) is 27.7. The van der Waals surface area contributed by atoms with Crippen LogP contribution in [0.25, 0.3) is 0 Å². The van der Waals surface area contributed by atoms with Crippen molar-refractivity contribution >= 4 is 0 Å². The number of fused-ring (bicyclic) bond motifs is 1. The fraction of sp³-hybridized carbons (Fsp3) is 0.684. The summed E-state index contributed by atoms with van der Waals surface area (Å²) in [4.78, 5) is 2.74. The van der Waals surface area contributed by atoms with Crippen molar-refractivity contribution in [2.45, 2.75) is 70.0 Å². The van der Waals surface area contributed by atoms with Gasteiger partial charge in [0.2, 0.25) is 0 Å². The van der Waals surface area contributed by atoms with Gasteiger partial charge < -0.3 is 5.32 Å². The molecule has 1 saturated heterocycles. The molecular formula is C19H28N2. The zero-order valence-electron chi connectivity index (χ0n) is 13.1. The lowest BCUT2D eigenvalue weighted by Gasteiger charge is -2.34. The quantitative estimate of drug-likeness (QED) is 0.888. The van der Waals surface area contributed by atoms with Crippen molar-refractivity contribution in [2.75, 3.05) is 13.1 Å². The molecule has 1 aromatic rings. The van der Waals surface area contributed by atoms with Crippen LogP contribution in [0, 0.1) is 0 Å². The van der Waals surface area contributed by atoms with Crippen molar-refractivity contribution in [3.8, 4) is 0 Å². The molecule has 114 valence electrons. The van der Waals surface area contributed by atoms with E-state index in [1.54, 1.807) is 11.1 Å². The summed E-state index contributed by atoms with van der Waals surface area (Å²) in [5.74, 6) is 0. The van der Waals surface area contributed by atoms with Crippen LogP contribution in [0.15, 0.2) is 18.2 Å². The number of rotatable bonds is 2. The average Bonchev–Trinajstić information content (AvgIpc) is 3.09. The van der Waals surface area contributed by atoms with Crippen LogP contribution in [-0.2, 0) is 13.0 Å². The minimum atomic E-state index is 0.608. The van der Waals surface area contributed by atoms with Gasteiger partial charge in [-0.15, -0.1) is 0 Å². The molecule has 2 aliphatic heterocycles. The summed E-state index contributed by atoms with van der Waals surface area (Å²) >= 11 is 0. The second kappa shape index (κ2) is 6.10. The molecule has 2 heterocycles. The van der Waals surface area contributed by atoms with Crippen molar-refractivity contribution in [1.29, 1.82) is 0 Å². The maximum Gasteiger partial charge on any atom is 0.0320 e. The van der Waals surface area contributed by atoms with Crippen LogP contribution >= 0.6 is 0 Å². The lowest BCUT2D eigenvalue weighted by Crippen LogP contribution is -2.37. The Morgan fingerprint density at radius 2 is 1.81 bits per heavy atom. The Kier molecular flexibility index (Phi) is 4.00. The number of nitrogens with one attached hydrogen (secondary N) is 1. The molecule has 2 nitrogen and oxygen atoms in total. The molecule has 1 aliphatic carbocycles. The molecule has 0 radical (unpaired) electrons. The van der Waals surface area contributed by atoms with Crippen molar-refractivity contribution in [3.63, 3.8) is 0 Å². The van der Waals surface area contributed by atoms with Crippen molar-refractivity contribution in [2.24, 2.45) is 0 Å². The molecule has 0 spiro atoms. The van der Waals surface area contributed by atoms with Gasteiger partial charge in [-0.2, -0.15) is 0 Å². The highest BCUT2D eigenvalue weighted by molar-refractivity contribution is 5.35. The zero-order chi connectivity index (χ0) is 14.1. The molecule has 0 aromatic heterocycles. The van der Waals surface area contributed by atoms with Crippen molar-refractivity contribution < 1.29 is 0 Å². The molecule has 0 bridgehead atoms. The highest BCUT2D eigenvalue weighted by atomic mass is 15.2. The molecule has 1 N–H and O–H groups in total. The second-order valence-corrected chi connectivity index (χ2v) is 7.19. The first-order valence-electron chi connectivity index (χ1n) is 8.99. The number of benzene rings is 1. The molecule has 2 heteroatoms. The Morgan fingerprint density at radius 3 is 2.62 bits per heavy atom. The lowest BCUT2D eigenvalue weighted by molar-refractivity contribution is 0.181. The van der Waals surface area contributed by atoms with E-state index in [0.717, 1.165) is 6.04 Å². The average molecular weight is 284 g/mol. The topological polar surface area (TPSA) is 15.3 Å². The molecule has 1 atom stereocenters. The lowest BCUT2D eigenvalue weighted by atomic mass is 9.91. The zero-order valence-corrected chi connectivity index (χ0v) is 13.1. The Balaban J connectivity index is 1.49. The maximum atomic E-state index is 3.69. The summed E-state index contributed by atoms with van der Waals surface area (Å²) in [7, 11) is 0. The van der Waals surface area contributed by atoms with Crippen LogP contribution in [0.1, 0.15) is 67.7 Å². The first-order valence-corrected chi connectivity index (χ1v) is 8.99. The van der Waals surface area contributed by atoms with Gasteiger partial charge in [-0.25, -0.2) is 0 Å². The molecule has 1 unspecified atom stereocenters. The highest BCUT2D eigenvalue weighted by Crippen LogP contribution is 2.31. The van der Waals surface area contributed by atoms with E-state index in [4.69, 9.17) is 0 Å².